The number of thiazole rings is 1. The fraction of sp³-hybridized carbons (Fsp3) is 0.105. The quantitative estimate of drug-likeness (QED) is 0.516. The third kappa shape index (κ3) is 4.91. The van der Waals surface area contributed by atoms with Crippen LogP contribution in [0.3, 0.4) is 0 Å². The molecule has 0 spiro atoms. The van der Waals surface area contributed by atoms with E-state index in [9.17, 15) is 9.59 Å². The Labute approximate surface area is 159 Å². The summed E-state index contributed by atoms with van der Waals surface area (Å²) in [6.07, 6.45) is 2.84. The molecule has 0 aliphatic rings. The number of hydrogen-bond acceptors (Lipinski definition) is 5. The first kappa shape index (κ1) is 18.1. The standard InChI is InChI=1S/C19H15ClN2O3S/c20-14-6-2-1-5-13(14)11-21-17(23)12-25-19(24)10-9-18-22-15-7-3-4-8-16(15)26-18/h1-10H,11-12H2,(H,21,23)/b10-9+. The predicted molar refractivity (Wildman–Crippen MR) is 103 cm³/mol. The van der Waals surface area contributed by atoms with Crippen LogP contribution in [0.2, 0.25) is 5.02 Å². The van der Waals surface area contributed by atoms with Crippen LogP contribution in [-0.2, 0) is 20.9 Å². The number of benzene rings is 2. The van der Waals surface area contributed by atoms with E-state index in [1.807, 2.05) is 42.5 Å². The van der Waals surface area contributed by atoms with Crippen LogP contribution in [0.15, 0.2) is 54.6 Å². The van der Waals surface area contributed by atoms with Gasteiger partial charge in [-0.1, -0.05) is 41.9 Å². The summed E-state index contributed by atoms with van der Waals surface area (Å²) in [5.74, 6) is -0.996. The van der Waals surface area contributed by atoms with Crippen LogP contribution >= 0.6 is 22.9 Å². The Hall–Kier alpha value is -2.70. The Balaban J connectivity index is 1.46. The molecule has 0 bridgehead atoms. The van der Waals surface area contributed by atoms with E-state index in [2.05, 4.69) is 10.3 Å². The number of hydrogen-bond donors (Lipinski definition) is 1. The van der Waals surface area contributed by atoms with Gasteiger partial charge in [0.2, 0.25) is 0 Å². The van der Waals surface area contributed by atoms with Gasteiger partial charge in [0.15, 0.2) is 6.61 Å². The first-order chi connectivity index (χ1) is 12.6. The number of halogens is 1. The van der Waals surface area contributed by atoms with E-state index in [-0.39, 0.29) is 13.2 Å². The molecule has 0 saturated carbocycles. The number of rotatable bonds is 6. The smallest absolute Gasteiger partial charge is 0.331 e. The van der Waals surface area contributed by atoms with Crippen molar-refractivity contribution < 1.29 is 14.3 Å². The van der Waals surface area contributed by atoms with E-state index in [0.717, 1.165) is 15.8 Å². The molecule has 3 aromatic rings. The zero-order valence-electron chi connectivity index (χ0n) is 13.6. The first-order valence-corrected chi connectivity index (χ1v) is 9.02. The Kier molecular flexibility index (Phi) is 5.99. The van der Waals surface area contributed by atoms with E-state index in [1.165, 1.54) is 17.4 Å². The zero-order chi connectivity index (χ0) is 18.4. The zero-order valence-corrected chi connectivity index (χ0v) is 15.2. The van der Waals surface area contributed by atoms with Crippen molar-refractivity contribution >= 4 is 51.1 Å². The highest BCUT2D eigenvalue weighted by Crippen LogP contribution is 2.22. The molecular weight excluding hydrogens is 372 g/mol. The Morgan fingerprint density at radius 3 is 2.73 bits per heavy atom. The highest BCUT2D eigenvalue weighted by Gasteiger charge is 2.07. The molecule has 1 N–H and O–H groups in total. The molecule has 0 aliphatic carbocycles. The number of ether oxygens (including phenoxy) is 1. The second kappa shape index (κ2) is 8.60. The van der Waals surface area contributed by atoms with Crippen LogP contribution in [0.25, 0.3) is 16.3 Å². The minimum atomic E-state index is -0.600. The molecule has 0 fully saturated rings. The lowest BCUT2D eigenvalue weighted by Gasteiger charge is -2.06. The largest absolute Gasteiger partial charge is 0.452 e. The van der Waals surface area contributed by atoms with Gasteiger partial charge in [0, 0.05) is 17.6 Å². The first-order valence-electron chi connectivity index (χ1n) is 7.82. The number of fused-ring (bicyclic) bond motifs is 1. The molecule has 2 aromatic carbocycles. The average Bonchev–Trinajstić information content (AvgIpc) is 3.07. The molecule has 5 nitrogen and oxygen atoms in total. The van der Waals surface area contributed by atoms with Crippen molar-refractivity contribution in [2.75, 3.05) is 6.61 Å². The van der Waals surface area contributed by atoms with Crippen LogP contribution in [0.4, 0.5) is 0 Å². The number of carbonyl (C=O) groups excluding carboxylic acids is 2. The van der Waals surface area contributed by atoms with Crippen molar-refractivity contribution in [1.29, 1.82) is 0 Å². The minimum Gasteiger partial charge on any atom is -0.452 e. The van der Waals surface area contributed by atoms with E-state index < -0.39 is 11.9 Å². The van der Waals surface area contributed by atoms with Crippen LogP contribution < -0.4 is 5.32 Å². The van der Waals surface area contributed by atoms with E-state index in [0.29, 0.717) is 10.0 Å². The Bertz CT molecular complexity index is 935. The highest BCUT2D eigenvalue weighted by molar-refractivity contribution is 7.19. The molecule has 1 amide bonds. The number of esters is 1. The van der Waals surface area contributed by atoms with Crippen LogP contribution in [0.5, 0.6) is 0 Å². The average molecular weight is 387 g/mol. The van der Waals surface area contributed by atoms with E-state index in [4.69, 9.17) is 16.3 Å². The number of aromatic nitrogens is 1. The lowest BCUT2D eigenvalue weighted by molar-refractivity contribution is -0.143. The minimum absolute atomic E-state index is 0.275. The molecule has 3 rings (SSSR count). The highest BCUT2D eigenvalue weighted by atomic mass is 35.5. The number of nitrogens with zero attached hydrogens (tertiary/aromatic N) is 1. The monoisotopic (exact) mass is 386 g/mol. The summed E-state index contributed by atoms with van der Waals surface area (Å²) < 4.78 is 5.97. The summed E-state index contributed by atoms with van der Waals surface area (Å²) in [5, 5.41) is 3.92. The SMILES string of the molecule is O=C(COC(=O)/C=C/c1nc2ccccc2s1)NCc1ccccc1Cl. The van der Waals surface area contributed by atoms with Crippen LogP contribution in [0.1, 0.15) is 10.6 Å². The van der Waals surface area contributed by atoms with Crippen LogP contribution in [0, 0.1) is 0 Å². The van der Waals surface area contributed by atoms with Gasteiger partial charge in [-0.05, 0) is 29.8 Å². The fourth-order valence-electron chi connectivity index (χ4n) is 2.17. The summed E-state index contributed by atoms with van der Waals surface area (Å²) in [6.45, 7) is -0.0783. The third-order valence-electron chi connectivity index (χ3n) is 3.45. The Morgan fingerprint density at radius 1 is 1.15 bits per heavy atom. The van der Waals surface area contributed by atoms with Gasteiger partial charge in [-0.15, -0.1) is 11.3 Å². The van der Waals surface area contributed by atoms with Gasteiger partial charge in [0.05, 0.1) is 10.2 Å². The molecule has 0 unspecified atom stereocenters. The molecule has 0 saturated heterocycles. The molecule has 1 aromatic heterocycles. The van der Waals surface area contributed by atoms with Gasteiger partial charge >= 0.3 is 5.97 Å². The molecule has 0 atom stereocenters. The maximum atomic E-state index is 11.8. The van der Waals surface area contributed by atoms with Crippen LogP contribution in [-0.4, -0.2) is 23.5 Å². The summed E-state index contributed by atoms with van der Waals surface area (Å²) in [6, 6.07) is 14.9. The fourth-order valence-corrected chi connectivity index (χ4v) is 3.24. The molecule has 0 aliphatic heterocycles. The van der Waals surface area contributed by atoms with E-state index in [1.54, 1.807) is 12.1 Å². The van der Waals surface area contributed by atoms with Gasteiger partial charge in [0.1, 0.15) is 5.01 Å². The van der Waals surface area contributed by atoms with Crippen molar-refractivity contribution in [1.82, 2.24) is 10.3 Å². The number of para-hydroxylation sites is 1. The maximum Gasteiger partial charge on any atom is 0.331 e. The van der Waals surface area contributed by atoms with Crippen molar-refractivity contribution in [3.05, 3.63) is 70.2 Å². The molecule has 7 heteroatoms. The number of amides is 1. The van der Waals surface area contributed by atoms with Gasteiger partial charge in [0.25, 0.3) is 5.91 Å². The Morgan fingerprint density at radius 2 is 1.92 bits per heavy atom. The van der Waals surface area contributed by atoms with E-state index >= 15 is 0 Å². The summed E-state index contributed by atoms with van der Waals surface area (Å²) >= 11 is 7.49. The maximum absolute atomic E-state index is 11.8. The molecule has 1 heterocycles. The van der Waals surface area contributed by atoms with Gasteiger partial charge in [-0.2, -0.15) is 0 Å². The lowest BCUT2D eigenvalue weighted by atomic mass is 10.2. The lowest BCUT2D eigenvalue weighted by Crippen LogP contribution is -2.28. The predicted octanol–water partition coefficient (Wildman–Crippen LogP) is 3.82. The summed E-state index contributed by atoms with van der Waals surface area (Å²) in [4.78, 5) is 27.9. The third-order valence-corrected chi connectivity index (χ3v) is 4.82. The number of nitrogens with one attached hydrogen (secondary N) is 1. The van der Waals surface area contributed by atoms with Crippen molar-refractivity contribution in [2.45, 2.75) is 6.54 Å². The van der Waals surface area contributed by atoms with Gasteiger partial charge < -0.3 is 10.1 Å². The molecule has 0 radical (unpaired) electrons. The normalized spacial score (nSPS) is 11.0. The van der Waals surface area contributed by atoms with Gasteiger partial charge in [-0.25, -0.2) is 9.78 Å². The van der Waals surface area contributed by atoms with Crippen molar-refractivity contribution in [3.8, 4) is 0 Å². The second-order valence-corrected chi connectivity index (χ2v) is 6.80. The number of carbonyl (C=O) groups is 2. The molecule has 132 valence electrons. The second-order valence-electron chi connectivity index (χ2n) is 5.33. The summed E-state index contributed by atoms with van der Waals surface area (Å²) in [5.41, 5.74) is 1.68. The molecule has 26 heavy (non-hydrogen) atoms. The topological polar surface area (TPSA) is 68.3 Å². The summed E-state index contributed by atoms with van der Waals surface area (Å²) in [7, 11) is 0. The van der Waals surface area contributed by atoms with Crippen molar-refractivity contribution in [2.24, 2.45) is 0 Å². The van der Waals surface area contributed by atoms with Crippen molar-refractivity contribution in [3.63, 3.8) is 0 Å². The molecular formula is C19H15ClN2O3S. The van der Waals surface area contributed by atoms with Gasteiger partial charge in [-0.3, -0.25) is 4.79 Å².